The fraction of sp³-hybridized carbons (Fsp3) is 0.600. The van der Waals surface area contributed by atoms with Gasteiger partial charge in [0.1, 0.15) is 18.4 Å². The highest BCUT2D eigenvalue weighted by molar-refractivity contribution is 7.46. The zero-order valence-corrected chi connectivity index (χ0v) is 14.0. The summed E-state index contributed by atoms with van der Waals surface area (Å²) in [6.45, 7) is 0.910. The van der Waals surface area contributed by atoms with Crippen molar-refractivity contribution >= 4 is 15.7 Å². The SMILES string of the molecule is Cc1cn([C@H]2C[C@H](OP(=O)(O)O)[C@@H](COP(=O)=O)O2)c(=O)[nH]c1=O. The molecule has 0 aromatic carbocycles. The highest BCUT2D eigenvalue weighted by Crippen LogP contribution is 2.43. The number of phosphoric ester groups is 1. The third kappa shape index (κ3) is 4.81. The van der Waals surface area contributed by atoms with E-state index in [0.717, 1.165) is 4.57 Å². The van der Waals surface area contributed by atoms with E-state index in [1.807, 2.05) is 0 Å². The van der Waals surface area contributed by atoms with Gasteiger partial charge in [0.25, 0.3) is 5.56 Å². The Hall–Kier alpha value is -1.39. The number of hydrogen-bond donors (Lipinski definition) is 3. The fourth-order valence-electron chi connectivity index (χ4n) is 2.24. The summed E-state index contributed by atoms with van der Waals surface area (Å²) in [4.78, 5) is 43.1. The molecule has 0 radical (unpaired) electrons. The number of rotatable bonds is 6. The summed E-state index contributed by atoms with van der Waals surface area (Å²) in [7, 11) is -8.08. The zero-order valence-electron chi connectivity index (χ0n) is 12.2. The number of nitrogens with one attached hydrogen (secondary N) is 1. The Bertz CT molecular complexity index is 829. The van der Waals surface area contributed by atoms with Gasteiger partial charge < -0.3 is 14.5 Å². The largest absolute Gasteiger partial charge is 0.469 e. The summed E-state index contributed by atoms with van der Waals surface area (Å²) in [6, 6.07) is 0. The highest BCUT2D eigenvalue weighted by Gasteiger charge is 2.41. The molecule has 1 aromatic heterocycles. The number of hydrogen-bond acceptors (Lipinski definition) is 8. The molecule has 1 aliphatic rings. The van der Waals surface area contributed by atoms with Gasteiger partial charge in [-0.25, -0.2) is 18.5 Å². The molecule has 1 aliphatic heterocycles. The Morgan fingerprint density at radius 2 is 2.12 bits per heavy atom. The van der Waals surface area contributed by atoms with Crippen LogP contribution in [0.25, 0.3) is 0 Å². The molecule has 0 bridgehead atoms. The Morgan fingerprint density at radius 3 is 2.71 bits per heavy atom. The first-order valence-electron chi connectivity index (χ1n) is 6.55. The third-order valence-electron chi connectivity index (χ3n) is 3.25. The smallest absolute Gasteiger partial charge is 0.349 e. The van der Waals surface area contributed by atoms with Gasteiger partial charge in [0.15, 0.2) is 0 Å². The number of aromatic nitrogens is 2. The first kappa shape index (κ1) is 18.9. The quantitative estimate of drug-likeness (QED) is 0.553. The van der Waals surface area contributed by atoms with Crippen LogP contribution in [0.1, 0.15) is 18.2 Å². The van der Waals surface area contributed by atoms with E-state index in [4.69, 9.17) is 14.5 Å². The van der Waals surface area contributed by atoms with E-state index in [1.165, 1.54) is 13.1 Å². The van der Waals surface area contributed by atoms with Crippen LogP contribution in [0.5, 0.6) is 0 Å². The van der Waals surface area contributed by atoms with Gasteiger partial charge in [-0.1, -0.05) is 0 Å². The van der Waals surface area contributed by atoms with Crippen LogP contribution < -0.4 is 11.2 Å². The molecule has 0 saturated carbocycles. The molecule has 1 aromatic rings. The third-order valence-corrected chi connectivity index (χ3v) is 4.16. The average Bonchev–Trinajstić information content (AvgIpc) is 2.81. The minimum atomic E-state index is -4.88. The average molecular weight is 384 g/mol. The number of phosphoric acid groups is 1. The lowest BCUT2D eigenvalue weighted by atomic mass is 10.2. The number of ether oxygens (including phenoxy) is 1. The molecule has 24 heavy (non-hydrogen) atoms. The molecule has 3 atom stereocenters. The van der Waals surface area contributed by atoms with Crippen molar-refractivity contribution in [1.82, 2.24) is 9.55 Å². The van der Waals surface area contributed by atoms with E-state index in [1.54, 1.807) is 0 Å². The van der Waals surface area contributed by atoms with Crippen molar-refractivity contribution in [3.63, 3.8) is 0 Å². The van der Waals surface area contributed by atoms with Gasteiger partial charge in [-0.15, -0.1) is 0 Å². The minimum Gasteiger partial charge on any atom is -0.349 e. The molecule has 134 valence electrons. The van der Waals surface area contributed by atoms with Crippen LogP contribution >= 0.6 is 15.7 Å². The maximum atomic E-state index is 11.8. The van der Waals surface area contributed by atoms with Crippen LogP contribution in [-0.4, -0.2) is 38.2 Å². The Labute approximate surface area is 134 Å². The van der Waals surface area contributed by atoms with Crippen molar-refractivity contribution in [3.05, 3.63) is 32.6 Å². The molecular formula is C10H14N2O10P2. The van der Waals surface area contributed by atoms with Gasteiger partial charge in [-0.3, -0.25) is 23.4 Å². The molecule has 14 heteroatoms. The molecule has 2 rings (SSSR count). The molecule has 0 unspecified atom stereocenters. The predicted molar refractivity (Wildman–Crippen MR) is 75.7 cm³/mol. The topological polar surface area (TPSA) is 174 Å². The minimum absolute atomic E-state index is 0.167. The summed E-state index contributed by atoms with van der Waals surface area (Å²) in [5.41, 5.74) is -1.16. The molecule has 2 heterocycles. The summed E-state index contributed by atoms with van der Waals surface area (Å²) in [5.74, 6) is 0. The second-order valence-electron chi connectivity index (χ2n) is 5.00. The number of nitrogens with zero attached hydrogens (tertiary/aromatic N) is 1. The predicted octanol–water partition coefficient (Wildman–Crippen LogP) is -0.285. The molecule has 0 spiro atoms. The van der Waals surface area contributed by atoms with Gasteiger partial charge in [-0.05, 0) is 6.92 Å². The molecule has 12 nitrogen and oxygen atoms in total. The summed E-state index contributed by atoms with van der Waals surface area (Å²) in [5, 5.41) is 0. The Kier molecular flexibility index (Phi) is 5.71. The van der Waals surface area contributed by atoms with Crippen molar-refractivity contribution < 1.29 is 37.3 Å². The van der Waals surface area contributed by atoms with Crippen LogP contribution in [0, 0.1) is 6.92 Å². The van der Waals surface area contributed by atoms with Gasteiger partial charge in [0.2, 0.25) is 0 Å². The summed E-state index contributed by atoms with van der Waals surface area (Å²) >= 11 is 0. The molecular weight excluding hydrogens is 370 g/mol. The number of aryl methyl sites for hydroxylation is 1. The molecule has 1 saturated heterocycles. The van der Waals surface area contributed by atoms with Crippen molar-refractivity contribution in [3.8, 4) is 0 Å². The maximum Gasteiger partial charge on any atom is 0.469 e. The molecule has 1 fully saturated rings. The van der Waals surface area contributed by atoms with Crippen molar-refractivity contribution in [1.29, 1.82) is 0 Å². The summed E-state index contributed by atoms with van der Waals surface area (Å²) in [6.07, 6.45) is -2.33. The normalized spacial score (nSPS) is 24.2. The van der Waals surface area contributed by atoms with E-state index in [-0.39, 0.29) is 12.0 Å². The van der Waals surface area contributed by atoms with Crippen LogP contribution in [-0.2, 0) is 27.5 Å². The second kappa shape index (κ2) is 7.24. The van der Waals surface area contributed by atoms with E-state index < -0.39 is 52.0 Å². The van der Waals surface area contributed by atoms with Gasteiger partial charge >= 0.3 is 21.4 Å². The molecule has 0 aliphatic carbocycles. The Balaban J connectivity index is 2.27. The monoisotopic (exact) mass is 384 g/mol. The number of aromatic amines is 1. The van der Waals surface area contributed by atoms with Gasteiger partial charge in [0.05, 0.1) is 6.61 Å². The Morgan fingerprint density at radius 1 is 1.46 bits per heavy atom. The lowest BCUT2D eigenvalue weighted by Gasteiger charge is -2.17. The van der Waals surface area contributed by atoms with E-state index in [2.05, 4.69) is 14.0 Å². The zero-order chi connectivity index (χ0) is 18.1. The number of H-pyrrole nitrogens is 1. The standard InChI is InChI=1S/C10H14N2O10P2/c1-5-3-12(10(14)11-9(5)13)8-2-6(22-24(17,18)19)7(21-8)4-20-23(15)16/h3,6-8H,2,4H2,1H3,(H,11,13,14)(H2,17,18,19)/t6-,7+,8+/m0/s1. The van der Waals surface area contributed by atoms with Gasteiger partial charge in [-0.2, -0.15) is 0 Å². The molecule has 0 amide bonds. The van der Waals surface area contributed by atoms with Gasteiger partial charge in [0, 0.05) is 18.2 Å². The van der Waals surface area contributed by atoms with Crippen LogP contribution in [0.15, 0.2) is 15.8 Å². The molecule has 3 N–H and O–H groups in total. The van der Waals surface area contributed by atoms with Crippen molar-refractivity contribution in [2.45, 2.75) is 31.8 Å². The van der Waals surface area contributed by atoms with Crippen LogP contribution in [0.2, 0.25) is 0 Å². The van der Waals surface area contributed by atoms with Crippen molar-refractivity contribution in [2.24, 2.45) is 0 Å². The van der Waals surface area contributed by atoms with E-state index in [0.29, 0.717) is 0 Å². The summed E-state index contributed by atoms with van der Waals surface area (Å²) < 4.78 is 47.4. The highest BCUT2D eigenvalue weighted by atomic mass is 31.2. The lowest BCUT2D eigenvalue weighted by Crippen LogP contribution is -2.33. The van der Waals surface area contributed by atoms with E-state index in [9.17, 15) is 23.3 Å². The second-order valence-corrected chi connectivity index (χ2v) is 6.89. The van der Waals surface area contributed by atoms with E-state index >= 15 is 0 Å². The van der Waals surface area contributed by atoms with Crippen LogP contribution in [0.3, 0.4) is 0 Å². The lowest BCUT2D eigenvalue weighted by molar-refractivity contribution is -0.0397. The first-order chi connectivity index (χ1) is 11.1. The first-order valence-corrected chi connectivity index (χ1v) is 9.18. The fourth-order valence-corrected chi connectivity index (χ4v) is 3.09. The van der Waals surface area contributed by atoms with Crippen molar-refractivity contribution in [2.75, 3.05) is 6.61 Å². The van der Waals surface area contributed by atoms with Crippen LogP contribution in [0.4, 0.5) is 0 Å². The maximum absolute atomic E-state index is 11.8.